The van der Waals surface area contributed by atoms with Crippen LogP contribution in [0.1, 0.15) is 41.4 Å². The Balaban J connectivity index is 1.79. The SMILES string of the molecule is O=C(O)c1ccnn1CC(=O)N1CCCCC1c1ccccc1. The Morgan fingerprint density at radius 2 is 1.96 bits per heavy atom. The first kappa shape index (κ1) is 15.3. The zero-order chi connectivity index (χ0) is 16.2. The van der Waals surface area contributed by atoms with Gasteiger partial charge < -0.3 is 10.0 Å². The van der Waals surface area contributed by atoms with Crippen LogP contribution in [0.15, 0.2) is 42.6 Å². The van der Waals surface area contributed by atoms with Gasteiger partial charge in [0, 0.05) is 12.7 Å². The number of hydrogen-bond acceptors (Lipinski definition) is 3. The van der Waals surface area contributed by atoms with Crippen LogP contribution in [-0.2, 0) is 11.3 Å². The van der Waals surface area contributed by atoms with Gasteiger partial charge >= 0.3 is 5.97 Å². The number of carbonyl (C=O) groups is 2. The number of nitrogens with zero attached hydrogens (tertiary/aromatic N) is 3. The van der Waals surface area contributed by atoms with Crippen molar-refractivity contribution in [3.63, 3.8) is 0 Å². The van der Waals surface area contributed by atoms with Gasteiger partial charge in [0.05, 0.1) is 6.04 Å². The molecule has 0 bridgehead atoms. The molecule has 1 amide bonds. The van der Waals surface area contributed by atoms with Crippen molar-refractivity contribution in [2.75, 3.05) is 6.54 Å². The highest BCUT2D eigenvalue weighted by Gasteiger charge is 2.28. The van der Waals surface area contributed by atoms with Crippen LogP contribution in [-0.4, -0.2) is 38.2 Å². The third-order valence-electron chi connectivity index (χ3n) is 4.23. The lowest BCUT2D eigenvalue weighted by Gasteiger charge is -2.36. The Labute approximate surface area is 134 Å². The van der Waals surface area contributed by atoms with E-state index in [1.54, 1.807) is 0 Å². The summed E-state index contributed by atoms with van der Waals surface area (Å²) in [6.45, 7) is 0.653. The number of benzene rings is 1. The van der Waals surface area contributed by atoms with E-state index in [1.165, 1.54) is 16.9 Å². The van der Waals surface area contributed by atoms with Crippen LogP contribution in [0, 0.1) is 0 Å². The maximum absolute atomic E-state index is 12.7. The molecule has 2 aromatic rings. The summed E-state index contributed by atoms with van der Waals surface area (Å²) in [4.78, 5) is 25.7. The summed E-state index contributed by atoms with van der Waals surface area (Å²) in [5, 5.41) is 13.1. The van der Waals surface area contributed by atoms with Crippen LogP contribution in [0.5, 0.6) is 0 Å². The molecular weight excluding hydrogens is 294 g/mol. The molecule has 0 aliphatic carbocycles. The van der Waals surface area contributed by atoms with Crippen LogP contribution in [0.25, 0.3) is 0 Å². The quantitative estimate of drug-likeness (QED) is 0.940. The van der Waals surface area contributed by atoms with Gasteiger partial charge in [0.25, 0.3) is 0 Å². The van der Waals surface area contributed by atoms with Gasteiger partial charge in [0.15, 0.2) is 0 Å². The average molecular weight is 313 g/mol. The van der Waals surface area contributed by atoms with Gasteiger partial charge in [-0.15, -0.1) is 0 Å². The first-order chi connectivity index (χ1) is 11.2. The van der Waals surface area contributed by atoms with E-state index in [4.69, 9.17) is 5.11 Å². The normalized spacial score (nSPS) is 17.9. The third-order valence-corrected chi connectivity index (χ3v) is 4.23. The molecule has 1 saturated heterocycles. The predicted molar refractivity (Wildman–Crippen MR) is 83.9 cm³/mol. The van der Waals surface area contributed by atoms with Gasteiger partial charge in [0.2, 0.25) is 5.91 Å². The number of likely N-dealkylation sites (tertiary alicyclic amines) is 1. The summed E-state index contributed by atoms with van der Waals surface area (Å²) >= 11 is 0. The van der Waals surface area contributed by atoms with Crippen molar-refractivity contribution in [2.45, 2.75) is 31.8 Å². The summed E-state index contributed by atoms with van der Waals surface area (Å²) in [5.41, 5.74) is 1.16. The fourth-order valence-electron chi connectivity index (χ4n) is 3.11. The minimum Gasteiger partial charge on any atom is -0.477 e. The van der Waals surface area contributed by atoms with Gasteiger partial charge in [-0.1, -0.05) is 30.3 Å². The van der Waals surface area contributed by atoms with Crippen molar-refractivity contribution in [3.8, 4) is 0 Å². The lowest BCUT2D eigenvalue weighted by molar-refractivity contribution is -0.136. The topological polar surface area (TPSA) is 75.4 Å². The molecule has 0 spiro atoms. The van der Waals surface area contributed by atoms with Crippen LogP contribution in [0.4, 0.5) is 0 Å². The molecule has 1 aliphatic heterocycles. The van der Waals surface area contributed by atoms with Crippen molar-refractivity contribution in [1.29, 1.82) is 0 Å². The summed E-state index contributed by atoms with van der Waals surface area (Å²) in [6.07, 6.45) is 4.40. The summed E-state index contributed by atoms with van der Waals surface area (Å²) < 4.78 is 1.25. The van der Waals surface area contributed by atoms with E-state index in [0.717, 1.165) is 24.8 Å². The van der Waals surface area contributed by atoms with E-state index in [2.05, 4.69) is 5.10 Å². The first-order valence-corrected chi connectivity index (χ1v) is 7.76. The lowest BCUT2D eigenvalue weighted by Crippen LogP contribution is -2.40. The Morgan fingerprint density at radius 3 is 2.70 bits per heavy atom. The Morgan fingerprint density at radius 1 is 1.17 bits per heavy atom. The maximum atomic E-state index is 12.7. The Hall–Kier alpha value is -2.63. The molecule has 3 rings (SSSR count). The summed E-state index contributed by atoms with van der Waals surface area (Å²) in [7, 11) is 0. The molecule has 1 N–H and O–H groups in total. The molecule has 1 unspecified atom stereocenters. The van der Waals surface area contributed by atoms with Crippen LogP contribution < -0.4 is 0 Å². The number of piperidine rings is 1. The standard InChI is InChI=1S/C17H19N3O3/c21-16(12-20-15(17(22)23)9-10-18-20)19-11-5-4-8-14(19)13-6-2-1-3-7-13/h1-3,6-7,9-10,14H,4-5,8,11-12H2,(H,22,23). The molecule has 1 aromatic heterocycles. The van der Waals surface area contributed by atoms with Gasteiger partial charge in [0.1, 0.15) is 12.2 Å². The highest BCUT2D eigenvalue weighted by atomic mass is 16.4. The molecule has 1 atom stereocenters. The van der Waals surface area contributed by atoms with Crippen molar-refractivity contribution >= 4 is 11.9 Å². The van der Waals surface area contributed by atoms with Crippen LogP contribution >= 0.6 is 0 Å². The summed E-state index contributed by atoms with van der Waals surface area (Å²) in [5.74, 6) is -1.17. The monoisotopic (exact) mass is 313 g/mol. The zero-order valence-electron chi connectivity index (χ0n) is 12.8. The molecule has 6 nitrogen and oxygen atoms in total. The number of amides is 1. The lowest BCUT2D eigenvalue weighted by atomic mass is 9.95. The highest BCUT2D eigenvalue weighted by molar-refractivity contribution is 5.86. The van der Waals surface area contributed by atoms with Crippen LogP contribution in [0.2, 0.25) is 0 Å². The van der Waals surface area contributed by atoms with Gasteiger partial charge in [-0.25, -0.2) is 9.48 Å². The van der Waals surface area contributed by atoms with Crippen LogP contribution in [0.3, 0.4) is 0 Å². The molecule has 6 heteroatoms. The van der Waals surface area contributed by atoms with Crippen molar-refractivity contribution in [3.05, 3.63) is 53.9 Å². The van der Waals surface area contributed by atoms with E-state index in [1.807, 2.05) is 35.2 Å². The number of carbonyl (C=O) groups excluding carboxylic acids is 1. The Bertz CT molecular complexity index is 696. The second-order valence-electron chi connectivity index (χ2n) is 5.69. The summed E-state index contributed by atoms with van der Waals surface area (Å²) in [6, 6.07) is 11.4. The number of carboxylic acids is 1. The number of aromatic nitrogens is 2. The second-order valence-corrected chi connectivity index (χ2v) is 5.69. The van der Waals surface area contributed by atoms with Crippen molar-refractivity contribution in [1.82, 2.24) is 14.7 Å². The first-order valence-electron chi connectivity index (χ1n) is 7.76. The smallest absolute Gasteiger partial charge is 0.354 e. The minimum absolute atomic E-state index is 0.0339. The van der Waals surface area contributed by atoms with E-state index >= 15 is 0 Å². The minimum atomic E-state index is -1.08. The molecule has 1 aromatic carbocycles. The van der Waals surface area contributed by atoms with Crippen molar-refractivity contribution < 1.29 is 14.7 Å². The fourth-order valence-corrected chi connectivity index (χ4v) is 3.11. The maximum Gasteiger partial charge on any atom is 0.354 e. The Kier molecular flexibility index (Phi) is 4.41. The van der Waals surface area contributed by atoms with Gasteiger partial charge in [-0.2, -0.15) is 5.10 Å². The number of carboxylic acid groups (broad SMARTS) is 1. The molecular formula is C17H19N3O3. The molecule has 1 aliphatic rings. The van der Waals surface area contributed by atoms with Crippen molar-refractivity contribution in [2.24, 2.45) is 0 Å². The molecule has 0 saturated carbocycles. The molecule has 2 heterocycles. The molecule has 0 radical (unpaired) electrons. The number of hydrogen-bond donors (Lipinski definition) is 1. The third kappa shape index (κ3) is 3.26. The van der Waals surface area contributed by atoms with E-state index in [0.29, 0.717) is 6.54 Å². The molecule has 120 valence electrons. The fraction of sp³-hybridized carbons (Fsp3) is 0.353. The van der Waals surface area contributed by atoms with Gasteiger partial charge in [-0.3, -0.25) is 4.79 Å². The number of aromatic carboxylic acids is 1. The average Bonchev–Trinajstić information content (AvgIpc) is 3.04. The van der Waals surface area contributed by atoms with E-state index < -0.39 is 5.97 Å². The predicted octanol–water partition coefficient (Wildman–Crippen LogP) is 2.34. The molecule has 23 heavy (non-hydrogen) atoms. The molecule has 1 fully saturated rings. The zero-order valence-corrected chi connectivity index (χ0v) is 12.8. The number of rotatable bonds is 4. The second kappa shape index (κ2) is 6.64. The van der Waals surface area contributed by atoms with Gasteiger partial charge in [-0.05, 0) is 30.9 Å². The van der Waals surface area contributed by atoms with E-state index in [-0.39, 0.29) is 24.2 Å². The largest absolute Gasteiger partial charge is 0.477 e. The van der Waals surface area contributed by atoms with E-state index in [9.17, 15) is 9.59 Å². The highest BCUT2D eigenvalue weighted by Crippen LogP contribution is 2.30.